The molecule has 4 nitrogen and oxygen atoms in total. The summed E-state index contributed by atoms with van der Waals surface area (Å²) in [7, 11) is 0. The van der Waals surface area contributed by atoms with Crippen LogP contribution in [0.25, 0.3) is 0 Å². The van der Waals surface area contributed by atoms with Crippen molar-refractivity contribution in [2.24, 2.45) is 5.92 Å². The zero-order valence-electron chi connectivity index (χ0n) is 10.3. The third-order valence-corrected chi connectivity index (χ3v) is 2.61. The number of aliphatic carboxylic acids is 1. The van der Waals surface area contributed by atoms with E-state index in [4.69, 9.17) is 5.11 Å². The highest BCUT2D eigenvalue weighted by molar-refractivity contribution is 5.84. The van der Waals surface area contributed by atoms with Gasteiger partial charge in [-0.15, -0.1) is 0 Å². The van der Waals surface area contributed by atoms with Gasteiger partial charge in [-0.05, 0) is 31.0 Å². The molecule has 1 rings (SSSR count). The van der Waals surface area contributed by atoms with Gasteiger partial charge in [-0.2, -0.15) is 0 Å². The summed E-state index contributed by atoms with van der Waals surface area (Å²) in [6.07, 6.45) is 0.371. The topological polar surface area (TPSA) is 66.4 Å². The standard InChI is InChI=1S/C13H16FNO3/c1-8(12(16)15-9(2)13(17)18)6-10-4-3-5-11(14)7-10/h3-5,7-9H,6H2,1-2H3,(H,15,16)(H,17,18)/t8?,9-/m0/s1. The molecule has 2 N–H and O–H groups in total. The van der Waals surface area contributed by atoms with Crippen molar-refractivity contribution in [1.82, 2.24) is 5.32 Å². The van der Waals surface area contributed by atoms with Crippen LogP contribution in [0.1, 0.15) is 19.4 Å². The molecule has 0 aliphatic rings. The second-order valence-electron chi connectivity index (χ2n) is 4.30. The normalized spacial score (nSPS) is 13.7. The third kappa shape index (κ3) is 4.16. The second-order valence-corrected chi connectivity index (χ2v) is 4.30. The molecule has 98 valence electrons. The lowest BCUT2D eigenvalue weighted by Crippen LogP contribution is -2.41. The van der Waals surface area contributed by atoms with E-state index in [9.17, 15) is 14.0 Å². The number of carboxylic acids is 1. The molecule has 5 heteroatoms. The van der Waals surface area contributed by atoms with Gasteiger partial charge in [0.2, 0.25) is 5.91 Å². The van der Waals surface area contributed by atoms with E-state index in [0.717, 1.165) is 0 Å². The lowest BCUT2D eigenvalue weighted by molar-refractivity contribution is -0.141. The predicted octanol–water partition coefficient (Wildman–Crippen LogP) is 1.59. The van der Waals surface area contributed by atoms with Crippen LogP contribution in [-0.2, 0) is 16.0 Å². The zero-order chi connectivity index (χ0) is 13.7. The molecule has 0 spiro atoms. The predicted molar refractivity (Wildman–Crippen MR) is 64.5 cm³/mol. The quantitative estimate of drug-likeness (QED) is 0.837. The van der Waals surface area contributed by atoms with Crippen LogP contribution in [0.2, 0.25) is 0 Å². The Morgan fingerprint density at radius 2 is 2.06 bits per heavy atom. The number of hydrogen-bond acceptors (Lipinski definition) is 2. The molecule has 0 saturated carbocycles. The summed E-state index contributed by atoms with van der Waals surface area (Å²) in [5.41, 5.74) is 0.709. The molecule has 0 aromatic heterocycles. The Labute approximate surface area is 105 Å². The number of amides is 1. The Hall–Kier alpha value is -1.91. The molecule has 2 atom stereocenters. The Balaban J connectivity index is 2.57. The molecule has 1 aromatic rings. The van der Waals surface area contributed by atoms with Gasteiger partial charge in [-0.3, -0.25) is 9.59 Å². The lowest BCUT2D eigenvalue weighted by atomic mass is 10.00. The minimum Gasteiger partial charge on any atom is -0.480 e. The van der Waals surface area contributed by atoms with Crippen molar-refractivity contribution in [2.75, 3.05) is 0 Å². The number of benzene rings is 1. The van der Waals surface area contributed by atoms with E-state index in [1.54, 1.807) is 19.1 Å². The van der Waals surface area contributed by atoms with E-state index in [2.05, 4.69) is 5.32 Å². The van der Waals surface area contributed by atoms with Crippen molar-refractivity contribution in [1.29, 1.82) is 0 Å². The molecule has 1 unspecified atom stereocenters. The van der Waals surface area contributed by atoms with Gasteiger partial charge in [-0.25, -0.2) is 4.39 Å². The molecule has 18 heavy (non-hydrogen) atoms. The van der Waals surface area contributed by atoms with Crippen LogP contribution in [0.5, 0.6) is 0 Å². The van der Waals surface area contributed by atoms with Gasteiger partial charge in [0.05, 0.1) is 0 Å². The molecule has 1 amide bonds. The summed E-state index contributed by atoms with van der Waals surface area (Å²) in [6, 6.07) is 5.08. The number of rotatable bonds is 5. The van der Waals surface area contributed by atoms with Crippen LogP contribution < -0.4 is 5.32 Å². The average Bonchev–Trinajstić information content (AvgIpc) is 2.28. The van der Waals surface area contributed by atoms with Crippen molar-refractivity contribution in [3.8, 4) is 0 Å². The molecule has 0 fully saturated rings. The SMILES string of the molecule is CC(Cc1cccc(F)c1)C(=O)N[C@@H](C)C(=O)O. The van der Waals surface area contributed by atoms with Crippen LogP contribution in [-0.4, -0.2) is 23.0 Å². The van der Waals surface area contributed by atoms with Gasteiger partial charge >= 0.3 is 5.97 Å². The van der Waals surface area contributed by atoms with Crippen molar-refractivity contribution >= 4 is 11.9 Å². The van der Waals surface area contributed by atoms with E-state index in [-0.39, 0.29) is 11.7 Å². The number of carboxylic acid groups (broad SMARTS) is 1. The zero-order valence-corrected chi connectivity index (χ0v) is 10.3. The third-order valence-electron chi connectivity index (χ3n) is 2.61. The van der Waals surface area contributed by atoms with E-state index in [1.807, 2.05) is 0 Å². The van der Waals surface area contributed by atoms with Crippen LogP contribution in [0.15, 0.2) is 24.3 Å². The first kappa shape index (κ1) is 14.2. The molecular formula is C13H16FNO3. The molecule has 0 aliphatic carbocycles. The van der Waals surface area contributed by atoms with Crippen molar-refractivity contribution < 1.29 is 19.1 Å². The van der Waals surface area contributed by atoms with Crippen LogP contribution in [0.3, 0.4) is 0 Å². The highest BCUT2D eigenvalue weighted by Crippen LogP contribution is 2.10. The maximum absolute atomic E-state index is 13.0. The van der Waals surface area contributed by atoms with Crippen LogP contribution >= 0.6 is 0 Å². The Kier molecular flexibility index (Phi) is 4.83. The minimum atomic E-state index is -1.08. The fourth-order valence-corrected chi connectivity index (χ4v) is 1.53. The summed E-state index contributed by atoms with van der Waals surface area (Å²) < 4.78 is 13.0. The van der Waals surface area contributed by atoms with Gasteiger partial charge in [0, 0.05) is 5.92 Å². The van der Waals surface area contributed by atoms with Gasteiger partial charge in [-0.1, -0.05) is 19.1 Å². The summed E-state index contributed by atoms with van der Waals surface area (Å²) in [5, 5.41) is 11.1. The molecule has 0 aliphatic heterocycles. The number of nitrogens with one attached hydrogen (secondary N) is 1. The summed E-state index contributed by atoms with van der Waals surface area (Å²) in [4.78, 5) is 22.3. The van der Waals surface area contributed by atoms with E-state index < -0.39 is 17.9 Å². The fourth-order valence-electron chi connectivity index (χ4n) is 1.53. The smallest absolute Gasteiger partial charge is 0.325 e. The fraction of sp³-hybridized carbons (Fsp3) is 0.385. The molecule has 0 heterocycles. The summed E-state index contributed by atoms with van der Waals surface area (Å²) in [6.45, 7) is 3.07. The summed E-state index contributed by atoms with van der Waals surface area (Å²) >= 11 is 0. The van der Waals surface area contributed by atoms with Gasteiger partial charge in [0.25, 0.3) is 0 Å². The lowest BCUT2D eigenvalue weighted by Gasteiger charge is -2.14. The van der Waals surface area contributed by atoms with Crippen LogP contribution in [0.4, 0.5) is 4.39 Å². The van der Waals surface area contributed by atoms with Gasteiger partial charge < -0.3 is 10.4 Å². The highest BCUT2D eigenvalue weighted by atomic mass is 19.1. The molecule has 1 aromatic carbocycles. The maximum Gasteiger partial charge on any atom is 0.325 e. The minimum absolute atomic E-state index is 0.348. The van der Waals surface area contributed by atoms with Gasteiger partial charge in [0.15, 0.2) is 0 Å². The van der Waals surface area contributed by atoms with E-state index >= 15 is 0 Å². The molecular weight excluding hydrogens is 237 g/mol. The number of carbonyl (C=O) groups is 2. The van der Waals surface area contributed by atoms with Gasteiger partial charge in [0.1, 0.15) is 11.9 Å². The Morgan fingerprint density at radius 1 is 1.39 bits per heavy atom. The van der Waals surface area contributed by atoms with E-state index in [0.29, 0.717) is 12.0 Å². The first-order valence-electron chi connectivity index (χ1n) is 5.67. The van der Waals surface area contributed by atoms with Crippen molar-refractivity contribution in [3.63, 3.8) is 0 Å². The molecule has 0 radical (unpaired) electrons. The van der Waals surface area contributed by atoms with E-state index in [1.165, 1.54) is 19.1 Å². The van der Waals surface area contributed by atoms with Crippen LogP contribution in [0, 0.1) is 11.7 Å². The Morgan fingerprint density at radius 3 is 2.61 bits per heavy atom. The second kappa shape index (κ2) is 6.14. The largest absolute Gasteiger partial charge is 0.480 e. The highest BCUT2D eigenvalue weighted by Gasteiger charge is 2.19. The monoisotopic (exact) mass is 253 g/mol. The number of halogens is 1. The molecule has 0 saturated heterocycles. The Bertz CT molecular complexity index is 448. The summed E-state index contributed by atoms with van der Waals surface area (Å²) in [5.74, 6) is -2.19. The van der Waals surface area contributed by atoms with Crippen molar-refractivity contribution in [2.45, 2.75) is 26.3 Å². The first-order valence-corrected chi connectivity index (χ1v) is 5.67. The number of carbonyl (C=O) groups excluding carboxylic acids is 1. The number of hydrogen-bond donors (Lipinski definition) is 2. The first-order chi connectivity index (χ1) is 8.40. The maximum atomic E-state index is 13.0. The molecule has 0 bridgehead atoms. The average molecular weight is 253 g/mol. The van der Waals surface area contributed by atoms with Crippen molar-refractivity contribution in [3.05, 3.63) is 35.6 Å².